The number of hydrogen-bond acceptors (Lipinski definition) is 5. The maximum absolute atomic E-state index is 11.8. The van der Waals surface area contributed by atoms with Crippen LogP contribution in [0.25, 0.3) is 0 Å². The zero-order valence-electron chi connectivity index (χ0n) is 14.5. The summed E-state index contributed by atoms with van der Waals surface area (Å²) >= 11 is 0. The molecule has 0 spiro atoms. The molecule has 0 amide bonds. The Bertz CT molecular complexity index is 501. The Kier molecular flexibility index (Phi) is 9.49. The molecule has 0 N–H and O–H groups in total. The molecule has 134 valence electrons. The average molecular weight is 337 g/mol. The zero-order chi connectivity index (χ0) is 17.8. The fourth-order valence-corrected chi connectivity index (χ4v) is 2.45. The average Bonchev–Trinajstić information content (AvgIpc) is 2.59. The molecule has 0 saturated carbocycles. The third kappa shape index (κ3) is 7.44. The number of nitro groups is 1. The van der Waals surface area contributed by atoms with Crippen molar-refractivity contribution in [1.29, 1.82) is 0 Å². The van der Waals surface area contributed by atoms with E-state index in [1.807, 2.05) is 0 Å². The second-order valence-corrected chi connectivity index (χ2v) is 5.79. The molecule has 0 heterocycles. The molecule has 1 aromatic rings. The predicted molar refractivity (Wildman–Crippen MR) is 92.1 cm³/mol. The van der Waals surface area contributed by atoms with Crippen molar-refractivity contribution in [2.75, 3.05) is 7.11 Å². The molecule has 0 aliphatic carbocycles. The van der Waals surface area contributed by atoms with E-state index in [9.17, 15) is 14.9 Å². The van der Waals surface area contributed by atoms with Gasteiger partial charge in [-0.1, -0.05) is 45.4 Å². The highest BCUT2D eigenvalue weighted by Gasteiger charge is 2.21. The number of unbranched alkanes of at least 4 members (excludes halogenated alkanes) is 6. The fraction of sp³-hybridized carbons (Fsp3) is 0.611. The SMILES string of the molecule is CCCCCCCCCC(Oc1ccc([N+](=O)[O-])cc1)C(=O)OC. The Morgan fingerprint density at radius 2 is 1.67 bits per heavy atom. The van der Waals surface area contributed by atoms with E-state index >= 15 is 0 Å². The van der Waals surface area contributed by atoms with Gasteiger partial charge in [0.2, 0.25) is 0 Å². The van der Waals surface area contributed by atoms with Gasteiger partial charge >= 0.3 is 5.97 Å². The molecule has 0 aliphatic heterocycles. The zero-order valence-corrected chi connectivity index (χ0v) is 14.5. The second kappa shape index (κ2) is 11.4. The van der Waals surface area contributed by atoms with Gasteiger partial charge < -0.3 is 9.47 Å². The Morgan fingerprint density at radius 3 is 2.21 bits per heavy atom. The highest BCUT2D eigenvalue weighted by molar-refractivity contribution is 5.74. The number of esters is 1. The summed E-state index contributed by atoms with van der Waals surface area (Å²) in [6.07, 6.45) is 7.99. The quantitative estimate of drug-likeness (QED) is 0.240. The molecular formula is C18H27NO5. The molecule has 0 saturated heterocycles. The van der Waals surface area contributed by atoms with Gasteiger partial charge in [-0.3, -0.25) is 10.1 Å². The van der Waals surface area contributed by atoms with Gasteiger partial charge in [0.15, 0.2) is 6.10 Å². The normalized spacial score (nSPS) is 11.8. The van der Waals surface area contributed by atoms with Crippen molar-refractivity contribution in [1.82, 2.24) is 0 Å². The number of methoxy groups -OCH3 is 1. The highest BCUT2D eigenvalue weighted by Crippen LogP contribution is 2.20. The third-order valence-corrected chi connectivity index (χ3v) is 3.86. The minimum absolute atomic E-state index is 0.0101. The molecule has 1 unspecified atom stereocenters. The Hall–Kier alpha value is -2.11. The first kappa shape index (κ1) is 19.9. The van der Waals surface area contributed by atoms with E-state index in [0.717, 1.165) is 19.3 Å². The van der Waals surface area contributed by atoms with Crippen LogP contribution in [0.3, 0.4) is 0 Å². The van der Waals surface area contributed by atoms with Crippen molar-refractivity contribution in [3.8, 4) is 5.75 Å². The van der Waals surface area contributed by atoms with E-state index < -0.39 is 17.0 Å². The first-order valence-corrected chi connectivity index (χ1v) is 8.57. The van der Waals surface area contributed by atoms with Crippen LogP contribution in [0.4, 0.5) is 5.69 Å². The number of ether oxygens (including phenoxy) is 2. The first-order valence-electron chi connectivity index (χ1n) is 8.57. The van der Waals surface area contributed by atoms with Crippen molar-refractivity contribution in [2.24, 2.45) is 0 Å². The van der Waals surface area contributed by atoms with Crippen molar-refractivity contribution in [2.45, 2.75) is 64.4 Å². The van der Waals surface area contributed by atoms with E-state index in [0.29, 0.717) is 12.2 Å². The van der Waals surface area contributed by atoms with Crippen LogP contribution in [0.5, 0.6) is 5.75 Å². The Balaban J connectivity index is 2.44. The van der Waals surface area contributed by atoms with E-state index in [4.69, 9.17) is 9.47 Å². The Labute approximate surface area is 143 Å². The largest absolute Gasteiger partial charge is 0.479 e. The van der Waals surface area contributed by atoms with Crippen molar-refractivity contribution in [3.05, 3.63) is 34.4 Å². The van der Waals surface area contributed by atoms with Gasteiger partial charge in [-0.15, -0.1) is 0 Å². The molecule has 0 radical (unpaired) electrons. The van der Waals surface area contributed by atoms with Crippen LogP contribution in [0, 0.1) is 10.1 Å². The number of carbonyl (C=O) groups excluding carboxylic acids is 1. The van der Waals surface area contributed by atoms with Crippen LogP contribution in [0.2, 0.25) is 0 Å². The molecule has 1 atom stereocenters. The minimum atomic E-state index is -0.674. The maximum Gasteiger partial charge on any atom is 0.347 e. The lowest BCUT2D eigenvalue weighted by Gasteiger charge is -2.16. The molecule has 6 nitrogen and oxygen atoms in total. The van der Waals surface area contributed by atoms with E-state index in [2.05, 4.69) is 6.92 Å². The molecule has 0 bridgehead atoms. The molecule has 1 rings (SSSR count). The summed E-state index contributed by atoms with van der Waals surface area (Å²) in [4.78, 5) is 22.0. The number of benzene rings is 1. The fourth-order valence-electron chi connectivity index (χ4n) is 2.45. The summed E-state index contributed by atoms with van der Waals surface area (Å²) in [5.41, 5.74) is -0.0101. The number of nitrogens with zero attached hydrogens (tertiary/aromatic N) is 1. The van der Waals surface area contributed by atoms with Gasteiger partial charge in [0.05, 0.1) is 12.0 Å². The van der Waals surface area contributed by atoms with Crippen LogP contribution in [0.15, 0.2) is 24.3 Å². The van der Waals surface area contributed by atoms with Crippen LogP contribution in [-0.2, 0) is 9.53 Å². The smallest absolute Gasteiger partial charge is 0.347 e. The predicted octanol–water partition coefficient (Wildman–Crippen LogP) is 4.66. The molecule has 0 fully saturated rings. The topological polar surface area (TPSA) is 78.7 Å². The molecule has 0 aromatic heterocycles. The lowest BCUT2D eigenvalue weighted by Crippen LogP contribution is -2.28. The molecular weight excluding hydrogens is 310 g/mol. The van der Waals surface area contributed by atoms with Crippen LogP contribution < -0.4 is 4.74 Å². The Morgan fingerprint density at radius 1 is 1.08 bits per heavy atom. The van der Waals surface area contributed by atoms with Crippen LogP contribution in [-0.4, -0.2) is 24.1 Å². The van der Waals surface area contributed by atoms with Crippen LogP contribution in [0.1, 0.15) is 58.3 Å². The van der Waals surface area contributed by atoms with Gasteiger partial charge in [0.25, 0.3) is 5.69 Å². The lowest BCUT2D eigenvalue weighted by molar-refractivity contribution is -0.384. The summed E-state index contributed by atoms with van der Waals surface area (Å²) in [5.74, 6) is 0.0123. The summed E-state index contributed by atoms with van der Waals surface area (Å²) in [5, 5.41) is 10.6. The van der Waals surface area contributed by atoms with E-state index in [1.54, 1.807) is 0 Å². The lowest BCUT2D eigenvalue weighted by atomic mass is 10.1. The number of rotatable bonds is 12. The number of non-ortho nitro benzene ring substituents is 1. The maximum atomic E-state index is 11.8. The number of hydrogen-bond donors (Lipinski definition) is 0. The number of carbonyl (C=O) groups is 1. The van der Waals surface area contributed by atoms with Gasteiger partial charge in [-0.2, -0.15) is 0 Å². The summed E-state index contributed by atoms with van der Waals surface area (Å²) in [6, 6.07) is 5.71. The highest BCUT2D eigenvalue weighted by atomic mass is 16.6. The molecule has 0 aliphatic rings. The van der Waals surface area contributed by atoms with E-state index in [-0.39, 0.29) is 5.69 Å². The van der Waals surface area contributed by atoms with Gasteiger partial charge in [0.1, 0.15) is 5.75 Å². The van der Waals surface area contributed by atoms with Gasteiger partial charge in [-0.05, 0) is 25.0 Å². The monoisotopic (exact) mass is 337 g/mol. The van der Waals surface area contributed by atoms with Crippen molar-refractivity contribution >= 4 is 11.7 Å². The van der Waals surface area contributed by atoms with Crippen molar-refractivity contribution in [3.63, 3.8) is 0 Å². The summed E-state index contributed by atoms with van der Waals surface area (Å²) < 4.78 is 10.4. The molecule has 6 heteroatoms. The third-order valence-electron chi connectivity index (χ3n) is 3.86. The second-order valence-electron chi connectivity index (χ2n) is 5.79. The minimum Gasteiger partial charge on any atom is -0.479 e. The number of nitro benzene ring substituents is 1. The van der Waals surface area contributed by atoms with Crippen LogP contribution >= 0.6 is 0 Å². The molecule has 1 aromatic carbocycles. The summed E-state index contributed by atoms with van der Waals surface area (Å²) in [6.45, 7) is 2.19. The van der Waals surface area contributed by atoms with Gasteiger partial charge in [0, 0.05) is 12.1 Å². The summed E-state index contributed by atoms with van der Waals surface area (Å²) in [7, 11) is 1.33. The van der Waals surface area contributed by atoms with Gasteiger partial charge in [-0.25, -0.2) is 4.79 Å². The molecule has 24 heavy (non-hydrogen) atoms. The van der Waals surface area contributed by atoms with Crippen molar-refractivity contribution < 1.29 is 19.2 Å². The van der Waals surface area contributed by atoms with E-state index in [1.165, 1.54) is 57.1 Å². The standard InChI is InChI=1S/C18H27NO5/c1-3-4-5-6-7-8-9-10-17(18(20)23-2)24-16-13-11-15(12-14-16)19(21)22/h11-14,17H,3-10H2,1-2H3. The first-order chi connectivity index (χ1) is 11.6.